The standard InChI is InChI=1S/C19H18N4O2/c20-18(24)15-6-8-16(9-7-15)19(25)21-11-10-14-12-22-23(13-14)17-4-2-1-3-5-17/h1-9,12-13H,10-11H2,(H2,20,24)(H,21,25). The summed E-state index contributed by atoms with van der Waals surface area (Å²) in [6.07, 6.45) is 4.42. The van der Waals surface area contributed by atoms with Gasteiger partial charge in [0, 0.05) is 23.9 Å². The van der Waals surface area contributed by atoms with Crippen LogP contribution in [0, 0.1) is 0 Å². The molecule has 6 nitrogen and oxygen atoms in total. The van der Waals surface area contributed by atoms with E-state index in [0.29, 0.717) is 24.1 Å². The van der Waals surface area contributed by atoms with Crippen molar-refractivity contribution in [3.05, 3.63) is 83.7 Å². The quantitative estimate of drug-likeness (QED) is 0.722. The van der Waals surface area contributed by atoms with Crippen LogP contribution in [0.1, 0.15) is 26.3 Å². The van der Waals surface area contributed by atoms with Crippen LogP contribution in [-0.4, -0.2) is 28.1 Å². The van der Waals surface area contributed by atoms with Crippen molar-refractivity contribution in [1.29, 1.82) is 0 Å². The SMILES string of the molecule is NC(=O)c1ccc(C(=O)NCCc2cnn(-c3ccccc3)c2)cc1. The maximum atomic E-state index is 12.1. The number of para-hydroxylation sites is 1. The second kappa shape index (κ2) is 7.44. The molecule has 0 unspecified atom stereocenters. The Balaban J connectivity index is 1.53. The molecular formula is C19H18N4O2. The van der Waals surface area contributed by atoms with Crippen LogP contribution in [0.25, 0.3) is 5.69 Å². The van der Waals surface area contributed by atoms with Gasteiger partial charge in [-0.05, 0) is 48.4 Å². The molecule has 3 aromatic rings. The van der Waals surface area contributed by atoms with Crippen LogP contribution in [0.3, 0.4) is 0 Å². The Labute approximate surface area is 145 Å². The van der Waals surface area contributed by atoms with Crippen molar-refractivity contribution in [2.45, 2.75) is 6.42 Å². The molecule has 1 heterocycles. The van der Waals surface area contributed by atoms with E-state index in [4.69, 9.17) is 5.73 Å². The summed E-state index contributed by atoms with van der Waals surface area (Å²) in [5, 5.41) is 7.18. The molecule has 0 aliphatic rings. The van der Waals surface area contributed by atoms with Crippen LogP contribution < -0.4 is 11.1 Å². The third-order valence-corrected chi connectivity index (χ3v) is 3.79. The number of carbonyl (C=O) groups excluding carboxylic acids is 2. The van der Waals surface area contributed by atoms with E-state index in [-0.39, 0.29) is 5.91 Å². The third kappa shape index (κ3) is 4.11. The van der Waals surface area contributed by atoms with Crippen LogP contribution in [0.4, 0.5) is 0 Å². The Morgan fingerprint density at radius 1 is 1.00 bits per heavy atom. The Morgan fingerprint density at radius 2 is 1.68 bits per heavy atom. The maximum absolute atomic E-state index is 12.1. The minimum Gasteiger partial charge on any atom is -0.366 e. The van der Waals surface area contributed by atoms with Gasteiger partial charge in [0.25, 0.3) is 5.91 Å². The number of primary amides is 1. The first-order chi connectivity index (χ1) is 12.1. The van der Waals surface area contributed by atoms with E-state index in [9.17, 15) is 9.59 Å². The number of nitrogens with one attached hydrogen (secondary N) is 1. The first-order valence-electron chi connectivity index (χ1n) is 7.90. The fourth-order valence-electron chi connectivity index (χ4n) is 2.42. The average molecular weight is 334 g/mol. The molecule has 0 atom stereocenters. The lowest BCUT2D eigenvalue weighted by atomic mass is 10.1. The van der Waals surface area contributed by atoms with Gasteiger partial charge in [0.05, 0.1) is 11.9 Å². The fraction of sp³-hybridized carbons (Fsp3) is 0.105. The highest BCUT2D eigenvalue weighted by molar-refractivity contribution is 5.97. The molecule has 0 spiro atoms. The summed E-state index contributed by atoms with van der Waals surface area (Å²) in [7, 11) is 0. The molecule has 6 heteroatoms. The van der Waals surface area contributed by atoms with Crippen LogP contribution >= 0.6 is 0 Å². The van der Waals surface area contributed by atoms with Crippen molar-refractivity contribution in [3.8, 4) is 5.69 Å². The molecule has 0 bridgehead atoms. The predicted octanol–water partition coefficient (Wildman–Crippen LogP) is 1.94. The molecule has 3 N–H and O–H groups in total. The van der Waals surface area contributed by atoms with E-state index in [1.165, 1.54) is 0 Å². The maximum Gasteiger partial charge on any atom is 0.251 e. The Hall–Kier alpha value is -3.41. The van der Waals surface area contributed by atoms with Gasteiger partial charge < -0.3 is 11.1 Å². The molecule has 0 fully saturated rings. The van der Waals surface area contributed by atoms with Crippen LogP contribution in [0.15, 0.2) is 67.0 Å². The summed E-state index contributed by atoms with van der Waals surface area (Å²) in [6, 6.07) is 16.1. The van der Waals surface area contributed by atoms with Crippen LogP contribution in [0.5, 0.6) is 0 Å². The zero-order chi connectivity index (χ0) is 17.6. The normalized spacial score (nSPS) is 10.4. The zero-order valence-corrected chi connectivity index (χ0v) is 13.6. The molecular weight excluding hydrogens is 316 g/mol. The number of nitrogens with zero attached hydrogens (tertiary/aromatic N) is 2. The molecule has 2 aromatic carbocycles. The first-order valence-corrected chi connectivity index (χ1v) is 7.90. The summed E-state index contributed by atoms with van der Waals surface area (Å²) < 4.78 is 1.81. The van der Waals surface area contributed by atoms with Gasteiger partial charge >= 0.3 is 0 Å². The zero-order valence-electron chi connectivity index (χ0n) is 13.6. The highest BCUT2D eigenvalue weighted by atomic mass is 16.2. The van der Waals surface area contributed by atoms with Gasteiger partial charge in [0.1, 0.15) is 0 Å². The number of nitrogens with two attached hydrogens (primary N) is 1. The second-order valence-electron chi connectivity index (χ2n) is 5.58. The Morgan fingerprint density at radius 3 is 2.36 bits per heavy atom. The molecule has 0 aliphatic carbocycles. The topological polar surface area (TPSA) is 90.0 Å². The number of aromatic nitrogens is 2. The summed E-state index contributed by atoms with van der Waals surface area (Å²) in [6.45, 7) is 0.497. The molecule has 2 amide bonds. The van der Waals surface area contributed by atoms with E-state index >= 15 is 0 Å². The lowest BCUT2D eigenvalue weighted by Crippen LogP contribution is -2.25. The molecule has 0 saturated heterocycles. The van der Waals surface area contributed by atoms with Gasteiger partial charge in [-0.1, -0.05) is 18.2 Å². The molecule has 1 aromatic heterocycles. The lowest BCUT2D eigenvalue weighted by molar-refractivity contribution is 0.0951. The van der Waals surface area contributed by atoms with E-state index in [1.807, 2.05) is 36.5 Å². The van der Waals surface area contributed by atoms with Gasteiger partial charge in [-0.3, -0.25) is 9.59 Å². The smallest absolute Gasteiger partial charge is 0.251 e. The van der Waals surface area contributed by atoms with Crippen LogP contribution in [0.2, 0.25) is 0 Å². The number of benzene rings is 2. The van der Waals surface area contributed by atoms with Crippen molar-refractivity contribution in [1.82, 2.24) is 15.1 Å². The van der Waals surface area contributed by atoms with E-state index in [0.717, 1.165) is 11.3 Å². The van der Waals surface area contributed by atoms with Crippen molar-refractivity contribution in [3.63, 3.8) is 0 Å². The third-order valence-electron chi connectivity index (χ3n) is 3.79. The minimum absolute atomic E-state index is 0.188. The van der Waals surface area contributed by atoms with Crippen molar-refractivity contribution in [2.75, 3.05) is 6.54 Å². The molecule has 3 rings (SSSR count). The van der Waals surface area contributed by atoms with Gasteiger partial charge in [-0.15, -0.1) is 0 Å². The Kier molecular flexibility index (Phi) is 4.89. The van der Waals surface area contributed by atoms with E-state index < -0.39 is 5.91 Å². The summed E-state index contributed by atoms with van der Waals surface area (Å²) in [5.41, 5.74) is 8.08. The van der Waals surface area contributed by atoms with Gasteiger partial charge in [-0.2, -0.15) is 5.10 Å². The van der Waals surface area contributed by atoms with E-state index in [2.05, 4.69) is 10.4 Å². The molecule has 126 valence electrons. The number of rotatable bonds is 6. The van der Waals surface area contributed by atoms with Crippen molar-refractivity contribution < 1.29 is 9.59 Å². The van der Waals surface area contributed by atoms with Crippen molar-refractivity contribution in [2.24, 2.45) is 5.73 Å². The number of hydrogen-bond donors (Lipinski definition) is 2. The monoisotopic (exact) mass is 334 g/mol. The van der Waals surface area contributed by atoms with E-state index in [1.54, 1.807) is 35.1 Å². The van der Waals surface area contributed by atoms with Crippen molar-refractivity contribution >= 4 is 11.8 Å². The fourth-order valence-corrected chi connectivity index (χ4v) is 2.42. The highest BCUT2D eigenvalue weighted by Crippen LogP contribution is 2.08. The molecule has 25 heavy (non-hydrogen) atoms. The second-order valence-corrected chi connectivity index (χ2v) is 5.58. The highest BCUT2D eigenvalue weighted by Gasteiger charge is 2.07. The number of hydrogen-bond acceptors (Lipinski definition) is 3. The molecule has 0 radical (unpaired) electrons. The van der Waals surface area contributed by atoms with Crippen LogP contribution in [-0.2, 0) is 6.42 Å². The minimum atomic E-state index is -0.512. The molecule has 0 aliphatic heterocycles. The van der Waals surface area contributed by atoms with Gasteiger partial charge in [-0.25, -0.2) is 4.68 Å². The Bertz CT molecular complexity index is 870. The lowest BCUT2D eigenvalue weighted by Gasteiger charge is -2.05. The molecule has 0 saturated carbocycles. The number of amides is 2. The first kappa shape index (κ1) is 16.4. The largest absolute Gasteiger partial charge is 0.366 e. The predicted molar refractivity (Wildman–Crippen MR) is 94.6 cm³/mol. The summed E-state index contributed by atoms with van der Waals surface area (Å²) in [4.78, 5) is 23.1. The average Bonchev–Trinajstić information content (AvgIpc) is 3.11. The van der Waals surface area contributed by atoms with Gasteiger partial charge in [0.2, 0.25) is 5.91 Å². The van der Waals surface area contributed by atoms with Gasteiger partial charge in [0.15, 0.2) is 0 Å². The summed E-state index contributed by atoms with van der Waals surface area (Å²) >= 11 is 0. The summed E-state index contributed by atoms with van der Waals surface area (Å²) in [5.74, 6) is -0.700. The number of carbonyl (C=O) groups is 2.